The van der Waals surface area contributed by atoms with E-state index in [1.54, 1.807) is 6.92 Å². The van der Waals surface area contributed by atoms with Gasteiger partial charge in [-0.2, -0.15) is 0 Å². The molecule has 0 aliphatic carbocycles. The molecule has 0 aliphatic heterocycles. The van der Waals surface area contributed by atoms with Crippen LogP contribution in [0.25, 0.3) is 0 Å². The first-order chi connectivity index (χ1) is 7.88. The molecule has 1 rings (SSSR count). The summed E-state index contributed by atoms with van der Waals surface area (Å²) in [6.07, 6.45) is 0. The molecule has 1 unspecified atom stereocenters. The zero-order chi connectivity index (χ0) is 13.0. The van der Waals surface area contributed by atoms with E-state index in [-0.39, 0.29) is 11.8 Å². The number of anilines is 1. The van der Waals surface area contributed by atoms with E-state index < -0.39 is 6.04 Å². The number of carbonyl (C=O) groups is 2. The van der Waals surface area contributed by atoms with E-state index in [2.05, 4.69) is 10.6 Å². The molecule has 0 saturated heterocycles. The first kappa shape index (κ1) is 13.2. The van der Waals surface area contributed by atoms with Crippen LogP contribution >= 0.6 is 0 Å². The van der Waals surface area contributed by atoms with Crippen molar-refractivity contribution in [1.29, 1.82) is 0 Å². The molecule has 0 bridgehead atoms. The summed E-state index contributed by atoms with van der Waals surface area (Å²) < 4.78 is 0. The number of carbonyl (C=O) groups excluding carboxylic acids is 2. The minimum Gasteiger partial charge on any atom is -0.345 e. The molecule has 4 heteroatoms. The number of benzene rings is 1. The first-order valence-corrected chi connectivity index (χ1v) is 5.54. The molecule has 1 aromatic rings. The average molecular weight is 234 g/mol. The maximum absolute atomic E-state index is 11.7. The summed E-state index contributed by atoms with van der Waals surface area (Å²) in [5.41, 5.74) is 2.93. The molecule has 0 saturated carbocycles. The van der Waals surface area contributed by atoms with Gasteiger partial charge in [-0.3, -0.25) is 9.59 Å². The monoisotopic (exact) mass is 234 g/mol. The third-order valence-corrected chi connectivity index (χ3v) is 2.30. The van der Waals surface area contributed by atoms with Gasteiger partial charge >= 0.3 is 0 Å². The van der Waals surface area contributed by atoms with E-state index in [9.17, 15) is 9.59 Å². The molecule has 2 N–H and O–H groups in total. The van der Waals surface area contributed by atoms with Crippen LogP contribution in [0, 0.1) is 13.8 Å². The van der Waals surface area contributed by atoms with E-state index in [0.717, 1.165) is 16.8 Å². The van der Waals surface area contributed by atoms with Crippen molar-refractivity contribution in [2.45, 2.75) is 33.7 Å². The van der Waals surface area contributed by atoms with Gasteiger partial charge < -0.3 is 10.6 Å². The Hall–Kier alpha value is -1.84. The van der Waals surface area contributed by atoms with E-state index in [0.29, 0.717) is 0 Å². The lowest BCUT2D eigenvalue weighted by Crippen LogP contribution is -2.40. The minimum absolute atomic E-state index is 0.215. The zero-order valence-corrected chi connectivity index (χ0v) is 10.6. The molecule has 4 nitrogen and oxygen atoms in total. The van der Waals surface area contributed by atoms with Gasteiger partial charge in [0.25, 0.3) is 0 Å². The average Bonchev–Trinajstić information content (AvgIpc) is 2.14. The molecule has 1 aromatic carbocycles. The van der Waals surface area contributed by atoms with Crippen LogP contribution in [-0.4, -0.2) is 17.9 Å². The summed E-state index contributed by atoms with van der Waals surface area (Å²) in [7, 11) is 0. The molecule has 1 atom stereocenters. The van der Waals surface area contributed by atoms with Crippen LogP contribution in [0.5, 0.6) is 0 Å². The highest BCUT2D eigenvalue weighted by molar-refractivity contribution is 5.96. The fourth-order valence-corrected chi connectivity index (χ4v) is 1.67. The number of hydrogen-bond acceptors (Lipinski definition) is 2. The van der Waals surface area contributed by atoms with Crippen LogP contribution in [0.15, 0.2) is 18.2 Å². The molecule has 0 heterocycles. The van der Waals surface area contributed by atoms with Gasteiger partial charge in [-0.15, -0.1) is 0 Å². The molecule has 2 amide bonds. The van der Waals surface area contributed by atoms with Crippen LogP contribution < -0.4 is 10.6 Å². The highest BCUT2D eigenvalue weighted by Gasteiger charge is 2.13. The Morgan fingerprint density at radius 1 is 1.12 bits per heavy atom. The number of nitrogens with one attached hydrogen (secondary N) is 2. The lowest BCUT2D eigenvalue weighted by atomic mass is 10.1. The summed E-state index contributed by atoms with van der Waals surface area (Å²) in [6, 6.07) is 5.29. The Morgan fingerprint density at radius 2 is 1.65 bits per heavy atom. The molecule has 0 aliphatic rings. The second kappa shape index (κ2) is 5.48. The standard InChI is InChI=1S/C13H18N2O2/c1-8-5-9(2)7-12(6-8)15-13(17)10(3)14-11(4)16/h5-7,10H,1-4H3,(H,14,16)(H,15,17). The van der Waals surface area contributed by atoms with Crippen LogP contribution in [0.2, 0.25) is 0 Å². The topological polar surface area (TPSA) is 58.2 Å². The van der Waals surface area contributed by atoms with Crippen molar-refractivity contribution in [2.75, 3.05) is 5.32 Å². The second-order valence-electron chi connectivity index (χ2n) is 4.29. The Labute approximate surface area is 101 Å². The lowest BCUT2D eigenvalue weighted by molar-refractivity contribution is -0.124. The second-order valence-corrected chi connectivity index (χ2v) is 4.29. The summed E-state index contributed by atoms with van der Waals surface area (Å²) in [6.45, 7) is 6.99. The van der Waals surface area contributed by atoms with Gasteiger partial charge in [0.1, 0.15) is 6.04 Å². The molecule has 0 fully saturated rings. The van der Waals surface area contributed by atoms with Gasteiger partial charge in [-0.1, -0.05) is 6.07 Å². The fraction of sp³-hybridized carbons (Fsp3) is 0.385. The summed E-state index contributed by atoms with van der Waals surface area (Å²) in [4.78, 5) is 22.6. The molecule has 17 heavy (non-hydrogen) atoms. The van der Waals surface area contributed by atoms with Crippen molar-refractivity contribution < 1.29 is 9.59 Å². The van der Waals surface area contributed by atoms with E-state index in [1.165, 1.54) is 6.92 Å². The van der Waals surface area contributed by atoms with Crippen molar-refractivity contribution in [3.63, 3.8) is 0 Å². The van der Waals surface area contributed by atoms with Crippen molar-refractivity contribution in [1.82, 2.24) is 5.32 Å². The third-order valence-electron chi connectivity index (χ3n) is 2.30. The molecular weight excluding hydrogens is 216 g/mol. The summed E-state index contributed by atoms with van der Waals surface area (Å²) in [5, 5.41) is 5.32. The molecule has 92 valence electrons. The molecule has 0 radical (unpaired) electrons. The zero-order valence-electron chi connectivity index (χ0n) is 10.6. The Kier molecular flexibility index (Phi) is 4.26. The van der Waals surface area contributed by atoms with E-state index in [4.69, 9.17) is 0 Å². The van der Waals surface area contributed by atoms with E-state index >= 15 is 0 Å². The predicted molar refractivity (Wildman–Crippen MR) is 67.8 cm³/mol. The fourth-order valence-electron chi connectivity index (χ4n) is 1.67. The SMILES string of the molecule is CC(=O)NC(C)C(=O)Nc1cc(C)cc(C)c1. The largest absolute Gasteiger partial charge is 0.345 e. The highest BCUT2D eigenvalue weighted by atomic mass is 16.2. The normalized spacial score (nSPS) is 11.8. The number of amides is 2. The first-order valence-electron chi connectivity index (χ1n) is 5.54. The maximum Gasteiger partial charge on any atom is 0.246 e. The van der Waals surface area contributed by atoms with Gasteiger partial charge in [0, 0.05) is 12.6 Å². The summed E-state index contributed by atoms with van der Waals surface area (Å²) >= 11 is 0. The Bertz CT molecular complexity index is 421. The maximum atomic E-state index is 11.7. The third kappa shape index (κ3) is 4.26. The van der Waals surface area contributed by atoms with Gasteiger partial charge in [0.2, 0.25) is 11.8 Å². The molecule has 0 aromatic heterocycles. The van der Waals surface area contributed by atoms with Crippen molar-refractivity contribution >= 4 is 17.5 Å². The molecule has 0 spiro atoms. The quantitative estimate of drug-likeness (QED) is 0.837. The van der Waals surface area contributed by atoms with Crippen molar-refractivity contribution in [3.8, 4) is 0 Å². The van der Waals surface area contributed by atoms with Crippen LogP contribution in [0.3, 0.4) is 0 Å². The highest BCUT2D eigenvalue weighted by Crippen LogP contribution is 2.13. The van der Waals surface area contributed by atoms with Gasteiger partial charge in [0.15, 0.2) is 0 Å². The predicted octanol–water partition coefficient (Wildman–Crippen LogP) is 1.77. The van der Waals surface area contributed by atoms with Gasteiger partial charge in [-0.05, 0) is 44.0 Å². The number of hydrogen-bond donors (Lipinski definition) is 2. The number of aryl methyl sites for hydroxylation is 2. The van der Waals surface area contributed by atoms with E-state index in [1.807, 2.05) is 32.0 Å². The van der Waals surface area contributed by atoms with Crippen LogP contribution in [0.1, 0.15) is 25.0 Å². The van der Waals surface area contributed by atoms with Crippen LogP contribution in [0.4, 0.5) is 5.69 Å². The van der Waals surface area contributed by atoms with Crippen LogP contribution in [-0.2, 0) is 9.59 Å². The van der Waals surface area contributed by atoms with Crippen molar-refractivity contribution in [2.24, 2.45) is 0 Å². The summed E-state index contributed by atoms with van der Waals surface area (Å²) in [5.74, 6) is -0.432. The number of rotatable bonds is 3. The Morgan fingerprint density at radius 3 is 2.12 bits per heavy atom. The lowest BCUT2D eigenvalue weighted by Gasteiger charge is -2.13. The van der Waals surface area contributed by atoms with Crippen molar-refractivity contribution in [3.05, 3.63) is 29.3 Å². The Balaban J connectivity index is 2.70. The smallest absolute Gasteiger partial charge is 0.246 e. The minimum atomic E-state index is -0.534. The van der Waals surface area contributed by atoms with Gasteiger partial charge in [0.05, 0.1) is 0 Å². The molecular formula is C13H18N2O2. The van der Waals surface area contributed by atoms with Gasteiger partial charge in [-0.25, -0.2) is 0 Å².